The van der Waals surface area contributed by atoms with Gasteiger partial charge in [0.25, 0.3) is 5.91 Å². The van der Waals surface area contributed by atoms with Gasteiger partial charge in [0.2, 0.25) is 5.89 Å². The molecule has 2 aliphatic heterocycles. The molecule has 1 saturated carbocycles. The first kappa shape index (κ1) is 15.8. The number of halogens is 1. The molecule has 6 heteroatoms. The molecule has 1 N–H and O–H groups in total. The molecule has 27 heavy (non-hydrogen) atoms. The zero-order chi connectivity index (χ0) is 18.2. The lowest BCUT2D eigenvalue weighted by Crippen LogP contribution is -2.53. The van der Waals surface area contributed by atoms with Crippen LogP contribution in [-0.2, 0) is 0 Å². The lowest BCUT2D eigenvalue weighted by molar-refractivity contribution is 0.0773. The Balaban J connectivity index is 1.35. The summed E-state index contributed by atoms with van der Waals surface area (Å²) in [4.78, 5) is 20.2. The van der Waals surface area contributed by atoms with Crippen LogP contribution in [0, 0.1) is 5.92 Å². The standard InChI is InChI=1S/C21H18BrN3O2/c22-15-7-6-13(16-17(15)27-20(23-16)12-4-2-1-3-5-12)19(26)24-18-14-8-10-25-11-9-21(14,18)25/h1-7,14,18H,8-11H2,(H,24,26). The van der Waals surface area contributed by atoms with Gasteiger partial charge >= 0.3 is 0 Å². The van der Waals surface area contributed by atoms with Crippen molar-refractivity contribution in [3.05, 3.63) is 52.5 Å². The van der Waals surface area contributed by atoms with E-state index in [-0.39, 0.29) is 17.5 Å². The summed E-state index contributed by atoms with van der Waals surface area (Å²) in [5.41, 5.74) is 2.96. The first-order chi connectivity index (χ1) is 13.2. The SMILES string of the molecule is O=C(NC1C2CCN3CCC213)c1ccc(Br)c2oc(-c3ccccc3)nc12. The topological polar surface area (TPSA) is 58.4 Å². The van der Waals surface area contributed by atoms with Crippen molar-refractivity contribution in [1.29, 1.82) is 0 Å². The Morgan fingerprint density at radius 1 is 1.22 bits per heavy atom. The summed E-state index contributed by atoms with van der Waals surface area (Å²) in [6.45, 7) is 2.36. The molecule has 3 aliphatic rings. The summed E-state index contributed by atoms with van der Waals surface area (Å²) in [7, 11) is 0. The fourth-order valence-corrected chi connectivity index (χ4v) is 5.54. The molecule has 1 aliphatic carbocycles. The highest BCUT2D eigenvalue weighted by atomic mass is 79.9. The number of hydrogen-bond acceptors (Lipinski definition) is 4. The van der Waals surface area contributed by atoms with E-state index in [0.717, 1.165) is 10.0 Å². The number of carbonyl (C=O) groups excluding carboxylic acids is 1. The molecule has 3 heterocycles. The third kappa shape index (κ3) is 2.08. The van der Waals surface area contributed by atoms with E-state index < -0.39 is 0 Å². The predicted octanol–water partition coefficient (Wildman–Crippen LogP) is 3.83. The van der Waals surface area contributed by atoms with Gasteiger partial charge in [-0.1, -0.05) is 18.2 Å². The second-order valence-electron chi connectivity index (χ2n) is 7.73. The van der Waals surface area contributed by atoms with E-state index in [2.05, 4.69) is 31.1 Å². The molecule has 0 radical (unpaired) electrons. The minimum Gasteiger partial charge on any atom is -0.435 e. The van der Waals surface area contributed by atoms with Crippen LogP contribution >= 0.6 is 15.9 Å². The largest absolute Gasteiger partial charge is 0.435 e. The quantitative estimate of drug-likeness (QED) is 0.695. The van der Waals surface area contributed by atoms with Crippen LogP contribution in [0.2, 0.25) is 0 Å². The average molecular weight is 424 g/mol. The zero-order valence-corrected chi connectivity index (χ0v) is 16.2. The molecule has 5 nitrogen and oxygen atoms in total. The van der Waals surface area contributed by atoms with Crippen molar-refractivity contribution in [3.8, 4) is 11.5 Å². The molecule has 2 aromatic carbocycles. The Bertz CT molecular complexity index is 1080. The number of fused-ring (bicyclic) bond motifs is 1. The summed E-state index contributed by atoms with van der Waals surface area (Å²) in [5.74, 6) is 1.10. The van der Waals surface area contributed by atoms with Crippen LogP contribution < -0.4 is 5.32 Å². The second-order valence-corrected chi connectivity index (χ2v) is 8.59. The highest BCUT2D eigenvalue weighted by Gasteiger charge is 2.74. The Kier molecular flexibility index (Phi) is 3.18. The minimum atomic E-state index is -0.0546. The van der Waals surface area contributed by atoms with E-state index in [4.69, 9.17) is 4.42 Å². The third-order valence-electron chi connectivity index (χ3n) is 6.60. The number of benzene rings is 2. The van der Waals surface area contributed by atoms with E-state index in [1.165, 1.54) is 25.9 Å². The molecule has 1 spiro atoms. The summed E-state index contributed by atoms with van der Waals surface area (Å²) >= 11 is 3.52. The van der Waals surface area contributed by atoms with Gasteiger partial charge in [-0.3, -0.25) is 9.69 Å². The molecule has 3 unspecified atom stereocenters. The van der Waals surface area contributed by atoms with Gasteiger partial charge in [0, 0.05) is 23.6 Å². The van der Waals surface area contributed by atoms with Gasteiger partial charge in [-0.25, -0.2) is 4.98 Å². The number of aromatic nitrogens is 1. The second kappa shape index (κ2) is 5.42. The molecule has 1 amide bonds. The first-order valence-electron chi connectivity index (χ1n) is 9.39. The summed E-state index contributed by atoms with van der Waals surface area (Å²) in [6.07, 6.45) is 2.41. The summed E-state index contributed by atoms with van der Waals surface area (Å²) in [6, 6.07) is 13.7. The van der Waals surface area contributed by atoms with E-state index in [1.807, 2.05) is 42.5 Å². The molecule has 3 fully saturated rings. The van der Waals surface area contributed by atoms with Crippen LogP contribution in [0.25, 0.3) is 22.6 Å². The minimum absolute atomic E-state index is 0.0546. The smallest absolute Gasteiger partial charge is 0.253 e. The summed E-state index contributed by atoms with van der Waals surface area (Å²) < 4.78 is 6.77. The van der Waals surface area contributed by atoms with Crippen LogP contribution in [-0.4, -0.2) is 40.5 Å². The molecule has 0 bridgehead atoms. The lowest BCUT2D eigenvalue weighted by atomic mass is 10.0. The van der Waals surface area contributed by atoms with Crippen LogP contribution in [0.5, 0.6) is 0 Å². The molecular weight excluding hydrogens is 406 g/mol. The zero-order valence-electron chi connectivity index (χ0n) is 14.6. The van der Waals surface area contributed by atoms with Crippen molar-refractivity contribution in [2.45, 2.75) is 24.4 Å². The molecule has 1 aromatic heterocycles. The van der Waals surface area contributed by atoms with E-state index in [0.29, 0.717) is 28.5 Å². The number of rotatable bonds is 3. The maximum Gasteiger partial charge on any atom is 0.253 e. The van der Waals surface area contributed by atoms with Gasteiger partial charge in [0.1, 0.15) is 5.52 Å². The van der Waals surface area contributed by atoms with E-state index in [9.17, 15) is 4.79 Å². The Morgan fingerprint density at radius 3 is 2.81 bits per heavy atom. The molecule has 3 aromatic rings. The Hall–Kier alpha value is -2.18. The lowest BCUT2D eigenvalue weighted by Gasteiger charge is -2.40. The molecule has 136 valence electrons. The van der Waals surface area contributed by atoms with Gasteiger partial charge in [-0.15, -0.1) is 0 Å². The number of hydrogen-bond donors (Lipinski definition) is 1. The molecule has 3 atom stereocenters. The van der Waals surface area contributed by atoms with Gasteiger partial charge < -0.3 is 9.73 Å². The van der Waals surface area contributed by atoms with E-state index in [1.54, 1.807) is 0 Å². The van der Waals surface area contributed by atoms with Crippen molar-refractivity contribution < 1.29 is 9.21 Å². The summed E-state index contributed by atoms with van der Waals surface area (Å²) in [5, 5.41) is 3.28. The van der Waals surface area contributed by atoms with Crippen molar-refractivity contribution in [3.63, 3.8) is 0 Å². The number of nitrogens with zero attached hydrogens (tertiary/aromatic N) is 2. The molecular formula is C21H18BrN3O2. The van der Waals surface area contributed by atoms with Crippen molar-refractivity contribution >= 4 is 32.9 Å². The maximum absolute atomic E-state index is 13.0. The first-order valence-corrected chi connectivity index (χ1v) is 10.2. The van der Waals surface area contributed by atoms with Gasteiger partial charge in [0.15, 0.2) is 5.58 Å². The Labute approximate surface area is 164 Å². The number of oxazole rings is 1. The molecule has 6 rings (SSSR count). The fourth-order valence-electron chi connectivity index (χ4n) is 5.14. The van der Waals surface area contributed by atoms with Gasteiger partial charge in [-0.05, 0) is 59.6 Å². The highest BCUT2D eigenvalue weighted by Crippen LogP contribution is 2.62. The van der Waals surface area contributed by atoms with Gasteiger partial charge in [0.05, 0.1) is 16.1 Å². The van der Waals surface area contributed by atoms with Crippen LogP contribution in [0.1, 0.15) is 23.2 Å². The van der Waals surface area contributed by atoms with Crippen LogP contribution in [0.3, 0.4) is 0 Å². The van der Waals surface area contributed by atoms with E-state index >= 15 is 0 Å². The van der Waals surface area contributed by atoms with Crippen molar-refractivity contribution in [2.75, 3.05) is 13.1 Å². The monoisotopic (exact) mass is 423 g/mol. The number of amides is 1. The Morgan fingerprint density at radius 2 is 2.07 bits per heavy atom. The number of carbonyl (C=O) groups is 1. The normalized spacial score (nSPS) is 28.5. The molecule has 2 saturated heterocycles. The average Bonchev–Trinajstić information content (AvgIpc) is 2.97. The van der Waals surface area contributed by atoms with Crippen molar-refractivity contribution in [2.24, 2.45) is 5.92 Å². The highest BCUT2D eigenvalue weighted by molar-refractivity contribution is 9.10. The predicted molar refractivity (Wildman–Crippen MR) is 105 cm³/mol. The fraction of sp³-hybridized carbons (Fsp3) is 0.333. The third-order valence-corrected chi connectivity index (χ3v) is 7.23. The number of nitrogens with one attached hydrogen (secondary N) is 1. The van der Waals surface area contributed by atoms with Crippen LogP contribution in [0.15, 0.2) is 51.4 Å². The van der Waals surface area contributed by atoms with Gasteiger partial charge in [-0.2, -0.15) is 0 Å². The maximum atomic E-state index is 13.0. The van der Waals surface area contributed by atoms with Crippen molar-refractivity contribution in [1.82, 2.24) is 15.2 Å². The van der Waals surface area contributed by atoms with Crippen LogP contribution in [0.4, 0.5) is 0 Å². The number of piperidine rings is 1.